The second kappa shape index (κ2) is 8.15. The number of hydrogen-bond acceptors (Lipinski definition) is 5. The molecule has 2 aliphatic heterocycles. The van der Waals surface area contributed by atoms with E-state index in [4.69, 9.17) is 5.73 Å². The number of likely N-dealkylation sites (tertiary alicyclic amines) is 1. The average Bonchev–Trinajstić information content (AvgIpc) is 2.75. The van der Waals surface area contributed by atoms with E-state index in [0.29, 0.717) is 6.54 Å². The zero-order valence-electron chi connectivity index (χ0n) is 12.7. The van der Waals surface area contributed by atoms with Gasteiger partial charge in [-0.15, -0.1) is 14.7 Å². The number of piperidine rings is 1. The molecule has 0 unspecified atom stereocenters. The predicted molar refractivity (Wildman–Crippen MR) is 87.9 cm³/mol. The van der Waals surface area contributed by atoms with E-state index in [1.807, 2.05) is 0 Å². The Morgan fingerprint density at radius 3 is 2.59 bits per heavy atom. The maximum absolute atomic E-state index is 11.1. The second-order valence-electron chi connectivity index (χ2n) is 5.44. The van der Waals surface area contributed by atoms with Crippen LogP contribution in [-0.2, 0) is 10.2 Å². The number of hydrogen-bond donors (Lipinski definition) is 2. The molecule has 8 heteroatoms. The molecular formula is C14H23N5O2S. The van der Waals surface area contributed by atoms with Crippen molar-refractivity contribution in [2.75, 3.05) is 26.2 Å². The van der Waals surface area contributed by atoms with Gasteiger partial charge >= 0.3 is 10.2 Å². The molecule has 0 aromatic heterocycles. The number of nitrogens with one attached hydrogen (secondary N) is 1. The number of nitrogens with two attached hydrogens (primary N) is 1. The summed E-state index contributed by atoms with van der Waals surface area (Å²) in [6, 6.07) is 0. The SMILES string of the molecule is NC1=NS(=O)(=O)N=C1NCCCCC#CCN1CCCCC1. The fourth-order valence-electron chi connectivity index (χ4n) is 2.39. The Hall–Kier alpha value is -1.59. The first-order valence-electron chi connectivity index (χ1n) is 7.69. The maximum atomic E-state index is 11.1. The van der Waals surface area contributed by atoms with Crippen molar-refractivity contribution in [2.45, 2.75) is 38.5 Å². The number of rotatable bonds is 5. The summed E-state index contributed by atoms with van der Waals surface area (Å²) in [7, 11) is -3.75. The topological polar surface area (TPSA) is 100 Å². The minimum atomic E-state index is -3.75. The van der Waals surface area contributed by atoms with E-state index >= 15 is 0 Å². The lowest BCUT2D eigenvalue weighted by molar-refractivity contribution is 0.255. The first-order valence-corrected chi connectivity index (χ1v) is 9.09. The monoisotopic (exact) mass is 325 g/mol. The molecule has 1 fully saturated rings. The summed E-state index contributed by atoms with van der Waals surface area (Å²) in [5.74, 6) is 6.49. The summed E-state index contributed by atoms with van der Waals surface area (Å²) in [4.78, 5) is 2.40. The fraction of sp³-hybridized carbons (Fsp3) is 0.714. The quantitative estimate of drug-likeness (QED) is 0.557. The third-order valence-corrected chi connectivity index (χ3v) is 4.40. The summed E-state index contributed by atoms with van der Waals surface area (Å²) in [6.45, 7) is 3.83. The van der Waals surface area contributed by atoms with Crippen LogP contribution in [0.15, 0.2) is 8.80 Å². The van der Waals surface area contributed by atoms with Gasteiger partial charge in [0.15, 0.2) is 11.7 Å². The van der Waals surface area contributed by atoms with E-state index in [1.54, 1.807) is 0 Å². The van der Waals surface area contributed by atoms with Gasteiger partial charge in [-0.3, -0.25) is 4.90 Å². The third-order valence-electron chi connectivity index (χ3n) is 3.56. The molecule has 0 saturated carbocycles. The average molecular weight is 325 g/mol. The molecule has 0 aromatic carbocycles. The van der Waals surface area contributed by atoms with Gasteiger partial charge in [-0.05, 0) is 38.8 Å². The summed E-state index contributed by atoms with van der Waals surface area (Å²) in [6.07, 6.45) is 6.61. The van der Waals surface area contributed by atoms with Gasteiger partial charge in [0.05, 0.1) is 6.54 Å². The van der Waals surface area contributed by atoms with Crippen LogP contribution in [0, 0.1) is 11.8 Å². The Kier molecular flexibility index (Phi) is 6.21. The number of amidine groups is 2. The lowest BCUT2D eigenvalue weighted by Gasteiger charge is -2.23. The lowest BCUT2D eigenvalue weighted by Crippen LogP contribution is -2.35. The van der Waals surface area contributed by atoms with Crippen LogP contribution in [0.1, 0.15) is 38.5 Å². The summed E-state index contributed by atoms with van der Waals surface area (Å²) in [5.41, 5.74) is 5.46. The maximum Gasteiger partial charge on any atom is 0.367 e. The van der Waals surface area contributed by atoms with Crippen LogP contribution in [0.2, 0.25) is 0 Å². The largest absolute Gasteiger partial charge is 0.380 e. The van der Waals surface area contributed by atoms with Crippen LogP contribution in [0.3, 0.4) is 0 Å². The Labute approximate surface area is 132 Å². The molecule has 0 aromatic rings. The van der Waals surface area contributed by atoms with Crippen LogP contribution < -0.4 is 11.1 Å². The van der Waals surface area contributed by atoms with E-state index in [9.17, 15) is 8.42 Å². The predicted octanol–water partition coefficient (Wildman–Crippen LogP) is 0.250. The summed E-state index contributed by atoms with van der Waals surface area (Å²) in [5, 5.41) is 2.89. The molecule has 2 rings (SSSR count). The zero-order chi connectivity index (χ0) is 15.8. The van der Waals surface area contributed by atoms with Crippen molar-refractivity contribution >= 4 is 21.9 Å². The van der Waals surface area contributed by atoms with Crippen LogP contribution in [0.25, 0.3) is 0 Å². The number of unbranched alkanes of at least 4 members (excludes halogenated alkanes) is 2. The van der Waals surface area contributed by atoms with E-state index in [-0.39, 0.29) is 11.7 Å². The summed E-state index contributed by atoms with van der Waals surface area (Å²) < 4.78 is 28.8. The van der Waals surface area contributed by atoms with Gasteiger partial charge in [-0.2, -0.15) is 8.42 Å². The molecule has 7 nitrogen and oxygen atoms in total. The molecule has 0 atom stereocenters. The highest BCUT2D eigenvalue weighted by Crippen LogP contribution is 2.07. The molecule has 1 saturated heterocycles. The molecule has 3 N–H and O–H groups in total. The molecule has 2 aliphatic rings. The zero-order valence-corrected chi connectivity index (χ0v) is 13.5. The molecule has 122 valence electrons. The first kappa shape index (κ1) is 16.8. The number of nitrogens with zero attached hydrogens (tertiary/aromatic N) is 3. The highest BCUT2D eigenvalue weighted by molar-refractivity contribution is 7.89. The van der Waals surface area contributed by atoms with Gasteiger partial charge in [0.2, 0.25) is 0 Å². The highest BCUT2D eigenvalue weighted by atomic mass is 32.2. The van der Waals surface area contributed by atoms with Gasteiger partial charge < -0.3 is 11.1 Å². The van der Waals surface area contributed by atoms with Crippen molar-refractivity contribution < 1.29 is 8.42 Å². The summed E-state index contributed by atoms with van der Waals surface area (Å²) >= 11 is 0. The molecule has 0 spiro atoms. The molecule has 0 bridgehead atoms. The van der Waals surface area contributed by atoms with Gasteiger partial charge in [0.25, 0.3) is 0 Å². The van der Waals surface area contributed by atoms with Crippen molar-refractivity contribution in [3.05, 3.63) is 0 Å². The van der Waals surface area contributed by atoms with E-state index in [0.717, 1.165) is 25.8 Å². The van der Waals surface area contributed by atoms with Crippen molar-refractivity contribution in [3.63, 3.8) is 0 Å². The Morgan fingerprint density at radius 2 is 1.91 bits per heavy atom. The van der Waals surface area contributed by atoms with Crippen LogP contribution in [0.5, 0.6) is 0 Å². The van der Waals surface area contributed by atoms with Gasteiger partial charge in [-0.25, -0.2) is 0 Å². The van der Waals surface area contributed by atoms with Crippen molar-refractivity contribution in [1.29, 1.82) is 0 Å². The minimum Gasteiger partial charge on any atom is -0.380 e. The van der Waals surface area contributed by atoms with Crippen LogP contribution in [-0.4, -0.2) is 51.2 Å². The Morgan fingerprint density at radius 1 is 1.14 bits per heavy atom. The van der Waals surface area contributed by atoms with Crippen molar-refractivity contribution in [1.82, 2.24) is 10.2 Å². The molecule has 22 heavy (non-hydrogen) atoms. The molecular weight excluding hydrogens is 302 g/mol. The fourth-order valence-corrected chi connectivity index (χ4v) is 3.16. The third kappa shape index (κ3) is 5.66. The highest BCUT2D eigenvalue weighted by Gasteiger charge is 2.20. The Balaban J connectivity index is 1.54. The second-order valence-corrected chi connectivity index (χ2v) is 6.70. The van der Waals surface area contributed by atoms with Crippen LogP contribution >= 0.6 is 0 Å². The first-order chi connectivity index (χ1) is 10.6. The standard InChI is InChI=1S/C14H23N5O2S/c15-13-14(18-22(20,21)17-13)16-9-5-2-1-3-6-10-19-11-7-4-8-12-19/h1-2,4-5,7-12H2,(H2,15,17)(H,16,18). The van der Waals surface area contributed by atoms with Crippen molar-refractivity contribution in [2.24, 2.45) is 14.5 Å². The van der Waals surface area contributed by atoms with Gasteiger partial charge in [0, 0.05) is 13.0 Å². The van der Waals surface area contributed by atoms with E-state index in [1.165, 1.54) is 32.4 Å². The minimum absolute atomic E-state index is 0.0682. The molecule has 0 aliphatic carbocycles. The normalized spacial score (nSPS) is 20.7. The smallest absolute Gasteiger partial charge is 0.367 e. The van der Waals surface area contributed by atoms with E-state index < -0.39 is 10.2 Å². The molecule has 0 amide bonds. The van der Waals surface area contributed by atoms with Gasteiger partial charge in [-0.1, -0.05) is 12.3 Å². The lowest BCUT2D eigenvalue weighted by atomic mass is 10.1. The van der Waals surface area contributed by atoms with Gasteiger partial charge in [0.1, 0.15) is 0 Å². The van der Waals surface area contributed by atoms with E-state index in [2.05, 4.69) is 30.9 Å². The van der Waals surface area contributed by atoms with Crippen molar-refractivity contribution in [3.8, 4) is 11.8 Å². The van der Waals surface area contributed by atoms with Crippen LogP contribution in [0.4, 0.5) is 0 Å². The molecule has 2 heterocycles. The molecule has 0 radical (unpaired) electrons. The Bertz CT molecular complexity index is 594.